The predicted octanol–water partition coefficient (Wildman–Crippen LogP) is 3.41. The molecule has 0 aliphatic rings. The first kappa shape index (κ1) is 16.3. The Kier molecular flexibility index (Phi) is 4.66. The van der Waals surface area contributed by atoms with Gasteiger partial charge in [-0.25, -0.2) is 0 Å². The van der Waals surface area contributed by atoms with Crippen molar-refractivity contribution in [1.29, 1.82) is 0 Å². The fraction of sp³-hybridized carbons (Fsp3) is 0.222. The van der Waals surface area contributed by atoms with Crippen molar-refractivity contribution in [3.63, 3.8) is 0 Å². The lowest BCUT2D eigenvalue weighted by Gasteiger charge is -2.13. The molecule has 2 amide bonds. The molecule has 3 aromatic rings. The van der Waals surface area contributed by atoms with Crippen molar-refractivity contribution >= 4 is 34.1 Å². The first-order chi connectivity index (χ1) is 11.6. The highest BCUT2D eigenvalue weighted by Gasteiger charge is 2.18. The maximum atomic E-state index is 12.1. The second kappa shape index (κ2) is 6.88. The Labute approximate surface area is 143 Å². The fourth-order valence-electron chi connectivity index (χ4n) is 2.62. The molecule has 0 aliphatic heterocycles. The number of fused-ring (bicyclic) bond motifs is 1. The average molecular weight is 342 g/mol. The summed E-state index contributed by atoms with van der Waals surface area (Å²) in [5, 5.41) is 10.1. The van der Waals surface area contributed by atoms with Crippen molar-refractivity contribution in [2.75, 3.05) is 6.54 Å². The van der Waals surface area contributed by atoms with Gasteiger partial charge in [0.2, 0.25) is 5.91 Å². The molecule has 0 aliphatic carbocycles. The monoisotopic (exact) mass is 342 g/mol. The van der Waals surface area contributed by atoms with E-state index in [2.05, 4.69) is 10.6 Å². The molecule has 0 saturated carbocycles. The van der Waals surface area contributed by atoms with E-state index >= 15 is 0 Å². The molecule has 1 aromatic carbocycles. The summed E-state index contributed by atoms with van der Waals surface area (Å²) in [6.07, 6.45) is 0. The first-order valence-electron chi connectivity index (χ1n) is 7.64. The Morgan fingerprint density at radius 1 is 1.25 bits per heavy atom. The van der Waals surface area contributed by atoms with Gasteiger partial charge in [-0.3, -0.25) is 9.59 Å². The molecule has 0 saturated heterocycles. The predicted molar refractivity (Wildman–Crippen MR) is 94.2 cm³/mol. The standard InChI is InChI=1S/C18H18N2O3S/c1-11-14-5-3-4-6-15(14)23-17(11)12(2)20-16(21)9-19-18(22)13-7-8-24-10-13/h3-8,10,12H,9H2,1-2H3,(H,19,22)(H,20,21). The molecule has 5 nitrogen and oxygen atoms in total. The Hall–Kier alpha value is -2.60. The normalized spacial score (nSPS) is 12.1. The maximum absolute atomic E-state index is 12.1. The zero-order valence-electron chi connectivity index (χ0n) is 13.5. The van der Waals surface area contributed by atoms with E-state index < -0.39 is 0 Å². The van der Waals surface area contributed by atoms with Gasteiger partial charge in [0.15, 0.2) is 0 Å². The summed E-state index contributed by atoms with van der Waals surface area (Å²) in [5.41, 5.74) is 2.38. The van der Waals surface area contributed by atoms with Crippen LogP contribution in [0.5, 0.6) is 0 Å². The summed E-state index contributed by atoms with van der Waals surface area (Å²) in [6.45, 7) is 3.77. The second-order valence-corrected chi connectivity index (χ2v) is 6.35. The number of nitrogens with one attached hydrogen (secondary N) is 2. The molecule has 2 heterocycles. The van der Waals surface area contributed by atoms with Crippen LogP contribution in [0.3, 0.4) is 0 Å². The third-order valence-corrected chi connectivity index (χ3v) is 4.53. The van der Waals surface area contributed by atoms with Crippen LogP contribution in [0.15, 0.2) is 45.5 Å². The van der Waals surface area contributed by atoms with E-state index in [1.54, 1.807) is 11.4 Å². The molecule has 2 aromatic heterocycles. The Morgan fingerprint density at radius 2 is 2.04 bits per heavy atom. The van der Waals surface area contributed by atoms with E-state index in [-0.39, 0.29) is 24.4 Å². The Bertz CT molecular complexity index is 868. The third kappa shape index (κ3) is 3.33. The molecule has 0 spiro atoms. The molecule has 3 rings (SSSR count). The zero-order chi connectivity index (χ0) is 17.1. The van der Waals surface area contributed by atoms with Crippen molar-refractivity contribution < 1.29 is 14.0 Å². The highest BCUT2D eigenvalue weighted by atomic mass is 32.1. The topological polar surface area (TPSA) is 71.3 Å². The lowest BCUT2D eigenvalue weighted by atomic mass is 10.1. The number of carbonyl (C=O) groups excluding carboxylic acids is 2. The van der Waals surface area contributed by atoms with E-state index in [4.69, 9.17) is 4.42 Å². The van der Waals surface area contributed by atoms with Crippen molar-refractivity contribution in [2.24, 2.45) is 0 Å². The number of aryl methyl sites for hydroxylation is 1. The number of benzene rings is 1. The molecule has 1 atom stereocenters. The van der Waals surface area contributed by atoms with Crippen LogP contribution in [0.25, 0.3) is 11.0 Å². The molecule has 124 valence electrons. The fourth-order valence-corrected chi connectivity index (χ4v) is 3.26. The number of hydrogen-bond acceptors (Lipinski definition) is 4. The summed E-state index contributed by atoms with van der Waals surface area (Å²) in [7, 11) is 0. The Balaban J connectivity index is 1.61. The number of hydrogen-bond donors (Lipinski definition) is 2. The minimum atomic E-state index is -0.275. The van der Waals surface area contributed by atoms with E-state index in [1.165, 1.54) is 11.3 Å². The van der Waals surface area contributed by atoms with Crippen LogP contribution in [0.4, 0.5) is 0 Å². The largest absolute Gasteiger partial charge is 0.459 e. The van der Waals surface area contributed by atoms with Gasteiger partial charge in [-0.15, -0.1) is 0 Å². The Morgan fingerprint density at radius 3 is 2.75 bits per heavy atom. The van der Waals surface area contributed by atoms with Crippen LogP contribution >= 0.6 is 11.3 Å². The lowest BCUT2D eigenvalue weighted by Crippen LogP contribution is -2.37. The van der Waals surface area contributed by atoms with Crippen molar-refractivity contribution in [3.05, 3.63) is 58.0 Å². The SMILES string of the molecule is Cc1c(C(C)NC(=O)CNC(=O)c2ccsc2)oc2ccccc12. The second-order valence-electron chi connectivity index (χ2n) is 5.57. The van der Waals surface area contributed by atoms with E-state index in [0.29, 0.717) is 5.56 Å². The molecule has 6 heteroatoms. The summed E-state index contributed by atoms with van der Waals surface area (Å²) < 4.78 is 5.85. The smallest absolute Gasteiger partial charge is 0.252 e. The highest BCUT2D eigenvalue weighted by Crippen LogP contribution is 2.28. The van der Waals surface area contributed by atoms with E-state index in [0.717, 1.165) is 22.3 Å². The molecule has 0 bridgehead atoms. The number of thiophene rings is 1. The van der Waals surface area contributed by atoms with Gasteiger partial charge in [-0.2, -0.15) is 11.3 Å². The molecular formula is C18H18N2O3S. The molecule has 2 N–H and O–H groups in total. The quantitative estimate of drug-likeness (QED) is 0.746. The number of furan rings is 1. The van der Waals surface area contributed by atoms with Crippen LogP contribution in [-0.2, 0) is 4.79 Å². The minimum Gasteiger partial charge on any atom is -0.459 e. The van der Waals surface area contributed by atoms with Crippen molar-refractivity contribution in [2.45, 2.75) is 19.9 Å². The molecule has 24 heavy (non-hydrogen) atoms. The highest BCUT2D eigenvalue weighted by molar-refractivity contribution is 7.08. The summed E-state index contributed by atoms with van der Waals surface area (Å²) in [5.74, 6) is 0.221. The average Bonchev–Trinajstić information content (AvgIpc) is 3.21. The van der Waals surface area contributed by atoms with Gasteiger partial charge in [-0.1, -0.05) is 18.2 Å². The third-order valence-electron chi connectivity index (χ3n) is 3.84. The molecular weight excluding hydrogens is 324 g/mol. The van der Waals surface area contributed by atoms with E-state index in [1.807, 2.05) is 43.5 Å². The van der Waals surface area contributed by atoms with Crippen LogP contribution in [0.2, 0.25) is 0 Å². The van der Waals surface area contributed by atoms with Gasteiger partial charge < -0.3 is 15.1 Å². The lowest BCUT2D eigenvalue weighted by molar-refractivity contribution is -0.120. The first-order valence-corrected chi connectivity index (χ1v) is 8.58. The van der Waals surface area contributed by atoms with Crippen LogP contribution in [-0.4, -0.2) is 18.4 Å². The number of carbonyl (C=O) groups is 2. The van der Waals surface area contributed by atoms with Gasteiger partial charge in [0.25, 0.3) is 5.91 Å². The van der Waals surface area contributed by atoms with Crippen LogP contribution < -0.4 is 10.6 Å². The number of amides is 2. The number of rotatable bonds is 5. The summed E-state index contributed by atoms with van der Waals surface area (Å²) >= 11 is 1.44. The number of para-hydroxylation sites is 1. The van der Waals surface area contributed by atoms with Gasteiger partial charge in [0.1, 0.15) is 11.3 Å². The maximum Gasteiger partial charge on any atom is 0.252 e. The molecule has 0 fully saturated rings. The van der Waals surface area contributed by atoms with Gasteiger partial charge in [0.05, 0.1) is 12.6 Å². The van der Waals surface area contributed by atoms with Gasteiger partial charge in [-0.05, 0) is 31.4 Å². The van der Waals surface area contributed by atoms with E-state index in [9.17, 15) is 9.59 Å². The van der Waals surface area contributed by atoms with Gasteiger partial charge >= 0.3 is 0 Å². The minimum absolute atomic E-state index is 0.0711. The molecule has 0 radical (unpaired) electrons. The van der Waals surface area contributed by atoms with Crippen LogP contribution in [0, 0.1) is 6.92 Å². The summed E-state index contributed by atoms with van der Waals surface area (Å²) in [6, 6.07) is 9.21. The van der Waals surface area contributed by atoms with Crippen LogP contribution in [0.1, 0.15) is 34.6 Å². The molecule has 1 unspecified atom stereocenters. The zero-order valence-corrected chi connectivity index (χ0v) is 14.3. The van der Waals surface area contributed by atoms with Crippen molar-refractivity contribution in [1.82, 2.24) is 10.6 Å². The van der Waals surface area contributed by atoms with Crippen molar-refractivity contribution in [3.8, 4) is 0 Å². The summed E-state index contributed by atoms with van der Waals surface area (Å²) in [4.78, 5) is 23.9. The van der Waals surface area contributed by atoms with Gasteiger partial charge in [0, 0.05) is 21.9 Å².